The van der Waals surface area contributed by atoms with Crippen molar-refractivity contribution < 1.29 is 18.3 Å². The van der Waals surface area contributed by atoms with Crippen LogP contribution in [0.25, 0.3) is 16.9 Å². The Morgan fingerprint density at radius 1 is 1.12 bits per heavy atom. The first-order valence-electron chi connectivity index (χ1n) is 13.6. The number of carbonyl (C=O) groups is 1. The van der Waals surface area contributed by atoms with E-state index in [1.165, 1.54) is 22.8 Å². The van der Waals surface area contributed by atoms with Crippen molar-refractivity contribution in [2.45, 2.75) is 46.5 Å². The fraction of sp³-hybridized carbons (Fsp3) is 0.303. The van der Waals surface area contributed by atoms with Gasteiger partial charge in [-0.3, -0.25) is 19.1 Å². The number of nitrogens with one attached hydrogen (secondary N) is 1. The van der Waals surface area contributed by atoms with Crippen LogP contribution in [0.3, 0.4) is 0 Å². The van der Waals surface area contributed by atoms with Crippen molar-refractivity contribution in [1.82, 2.24) is 9.55 Å². The van der Waals surface area contributed by atoms with Crippen LogP contribution in [-0.4, -0.2) is 28.7 Å². The molecule has 1 saturated heterocycles. The summed E-state index contributed by atoms with van der Waals surface area (Å²) in [6, 6.07) is 14.5. The highest BCUT2D eigenvalue weighted by atomic mass is 35.5. The summed E-state index contributed by atoms with van der Waals surface area (Å²) < 4.78 is 35.8. The number of ether oxygens (including phenoxy) is 1. The molecular weight excluding hydrogens is 560 g/mol. The summed E-state index contributed by atoms with van der Waals surface area (Å²) in [4.78, 5) is 30.9. The van der Waals surface area contributed by atoms with Gasteiger partial charge in [0.05, 0.1) is 35.7 Å². The van der Waals surface area contributed by atoms with Crippen molar-refractivity contribution >= 4 is 23.2 Å². The van der Waals surface area contributed by atoms with Crippen molar-refractivity contribution in [3.63, 3.8) is 0 Å². The van der Waals surface area contributed by atoms with Crippen LogP contribution >= 0.6 is 11.6 Å². The van der Waals surface area contributed by atoms with E-state index in [1.54, 1.807) is 43.5 Å². The SMILES string of the molecule is Cc1cnc(-c2cccc(NC(=O)C3(C)COC3)c2F)cc1-n1c(C)cc(C(C)(C)Cc2ccc(F)cc2)c(Cl)c1=O. The average Bonchev–Trinajstić information content (AvgIpc) is 2.92. The standard InChI is InChI=1S/C33H32ClF2N3O3/c1-19-16-37-26(23-7-6-8-25(29(23)36)38-31(41)33(5)17-42-18-33)14-27(19)39-20(2)13-24(28(34)30(39)40)32(3,4)15-21-9-11-22(35)12-10-21/h6-14,16H,15,17-18H2,1-5H3,(H,38,41). The first kappa shape index (κ1) is 29.6. The number of aryl methyl sites for hydroxylation is 2. The molecule has 0 unspecified atom stereocenters. The van der Waals surface area contributed by atoms with Crippen LogP contribution in [0.5, 0.6) is 0 Å². The zero-order valence-electron chi connectivity index (χ0n) is 24.1. The highest BCUT2D eigenvalue weighted by molar-refractivity contribution is 6.31. The van der Waals surface area contributed by atoms with E-state index in [9.17, 15) is 14.0 Å². The van der Waals surface area contributed by atoms with Gasteiger partial charge in [-0.25, -0.2) is 8.78 Å². The Kier molecular flexibility index (Phi) is 7.81. The summed E-state index contributed by atoms with van der Waals surface area (Å²) >= 11 is 6.74. The molecule has 218 valence electrons. The van der Waals surface area contributed by atoms with E-state index in [1.807, 2.05) is 33.8 Å². The third-order valence-corrected chi connectivity index (χ3v) is 8.21. The number of amides is 1. The van der Waals surface area contributed by atoms with Gasteiger partial charge >= 0.3 is 0 Å². The molecule has 4 aromatic rings. The van der Waals surface area contributed by atoms with Crippen LogP contribution < -0.4 is 10.9 Å². The summed E-state index contributed by atoms with van der Waals surface area (Å²) in [6.45, 7) is 9.93. The van der Waals surface area contributed by atoms with E-state index >= 15 is 4.39 Å². The topological polar surface area (TPSA) is 73.2 Å². The number of halogens is 3. The van der Waals surface area contributed by atoms with Gasteiger partial charge in [-0.1, -0.05) is 43.6 Å². The molecule has 1 amide bonds. The van der Waals surface area contributed by atoms with Gasteiger partial charge in [0.1, 0.15) is 10.8 Å². The third-order valence-electron chi connectivity index (χ3n) is 7.85. The molecule has 0 saturated carbocycles. The molecule has 9 heteroatoms. The summed E-state index contributed by atoms with van der Waals surface area (Å²) in [5.74, 6) is -1.26. The minimum atomic E-state index is -0.699. The second-order valence-electron chi connectivity index (χ2n) is 11.9. The Labute approximate surface area is 248 Å². The van der Waals surface area contributed by atoms with E-state index < -0.39 is 22.2 Å². The van der Waals surface area contributed by atoms with Crippen molar-refractivity contribution in [2.75, 3.05) is 18.5 Å². The minimum absolute atomic E-state index is 0.0404. The second kappa shape index (κ2) is 11.1. The lowest BCUT2D eigenvalue weighted by atomic mass is 9.79. The van der Waals surface area contributed by atoms with Crippen LogP contribution in [0.4, 0.5) is 14.5 Å². The molecule has 0 spiro atoms. The van der Waals surface area contributed by atoms with Gasteiger partial charge in [-0.2, -0.15) is 0 Å². The lowest BCUT2D eigenvalue weighted by molar-refractivity contribution is -0.151. The number of hydrogen-bond donors (Lipinski definition) is 1. The number of benzene rings is 2. The molecule has 1 aliphatic rings. The Bertz CT molecular complexity index is 1750. The fourth-order valence-electron chi connectivity index (χ4n) is 5.25. The van der Waals surface area contributed by atoms with Crippen LogP contribution in [0.1, 0.15) is 43.2 Å². The smallest absolute Gasteiger partial charge is 0.274 e. The summed E-state index contributed by atoms with van der Waals surface area (Å²) in [7, 11) is 0. The maximum atomic E-state index is 15.7. The van der Waals surface area contributed by atoms with E-state index in [2.05, 4.69) is 10.3 Å². The van der Waals surface area contributed by atoms with Gasteiger partial charge in [0.2, 0.25) is 5.91 Å². The number of hydrogen-bond acceptors (Lipinski definition) is 4. The molecule has 2 aromatic heterocycles. The molecular formula is C33H32ClF2N3O3. The first-order chi connectivity index (χ1) is 19.8. The van der Waals surface area contributed by atoms with Crippen molar-refractivity contribution in [3.8, 4) is 16.9 Å². The van der Waals surface area contributed by atoms with Gasteiger partial charge < -0.3 is 10.1 Å². The molecule has 1 aliphatic heterocycles. The van der Waals surface area contributed by atoms with Gasteiger partial charge in [0, 0.05) is 17.5 Å². The van der Waals surface area contributed by atoms with Crippen molar-refractivity contribution in [2.24, 2.45) is 5.41 Å². The molecule has 2 aromatic carbocycles. The zero-order chi connectivity index (χ0) is 30.4. The van der Waals surface area contributed by atoms with Crippen LogP contribution in [0.2, 0.25) is 5.02 Å². The Balaban J connectivity index is 1.52. The molecule has 1 N–H and O–H groups in total. The number of aromatic nitrogens is 2. The fourth-order valence-corrected chi connectivity index (χ4v) is 5.65. The maximum Gasteiger partial charge on any atom is 0.274 e. The van der Waals surface area contributed by atoms with Crippen LogP contribution in [0, 0.1) is 30.9 Å². The molecule has 0 bridgehead atoms. The summed E-state index contributed by atoms with van der Waals surface area (Å²) in [5.41, 5.74) is 2.34. The Morgan fingerprint density at radius 3 is 2.45 bits per heavy atom. The maximum absolute atomic E-state index is 15.7. The predicted octanol–water partition coefficient (Wildman–Crippen LogP) is 6.94. The zero-order valence-corrected chi connectivity index (χ0v) is 24.9. The number of anilines is 1. The molecule has 0 atom stereocenters. The van der Waals surface area contributed by atoms with E-state index in [-0.39, 0.29) is 41.2 Å². The van der Waals surface area contributed by atoms with Gasteiger partial charge in [0.25, 0.3) is 5.56 Å². The second-order valence-corrected chi connectivity index (χ2v) is 12.2. The van der Waals surface area contributed by atoms with E-state index in [0.29, 0.717) is 34.6 Å². The van der Waals surface area contributed by atoms with Crippen molar-refractivity contribution in [3.05, 3.63) is 110 Å². The summed E-state index contributed by atoms with van der Waals surface area (Å²) in [5, 5.41) is 2.75. The molecule has 5 rings (SSSR count). The van der Waals surface area contributed by atoms with Gasteiger partial charge in [0.15, 0.2) is 5.82 Å². The lowest BCUT2D eigenvalue weighted by Gasteiger charge is -2.36. The number of rotatable bonds is 7. The van der Waals surface area contributed by atoms with Crippen LogP contribution in [-0.2, 0) is 21.4 Å². The van der Waals surface area contributed by atoms with E-state index in [4.69, 9.17) is 16.3 Å². The highest BCUT2D eigenvalue weighted by Gasteiger charge is 2.41. The van der Waals surface area contributed by atoms with E-state index in [0.717, 1.165) is 5.56 Å². The third kappa shape index (κ3) is 5.49. The summed E-state index contributed by atoms with van der Waals surface area (Å²) in [6.07, 6.45) is 2.13. The highest BCUT2D eigenvalue weighted by Crippen LogP contribution is 2.35. The number of nitrogens with zero attached hydrogens (tertiary/aromatic N) is 2. The van der Waals surface area contributed by atoms with Gasteiger partial charge in [-0.15, -0.1) is 0 Å². The monoisotopic (exact) mass is 591 g/mol. The average molecular weight is 592 g/mol. The molecule has 3 heterocycles. The molecule has 1 fully saturated rings. The molecule has 0 aliphatic carbocycles. The predicted molar refractivity (Wildman–Crippen MR) is 160 cm³/mol. The molecule has 6 nitrogen and oxygen atoms in total. The normalized spacial score (nSPS) is 14.4. The van der Waals surface area contributed by atoms with Crippen LogP contribution in [0.15, 0.2) is 65.6 Å². The molecule has 0 radical (unpaired) electrons. The first-order valence-corrected chi connectivity index (χ1v) is 14.0. The number of carbonyl (C=O) groups excluding carboxylic acids is 1. The van der Waals surface area contributed by atoms with Crippen molar-refractivity contribution in [1.29, 1.82) is 0 Å². The minimum Gasteiger partial charge on any atom is -0.379 e. The van der Waals surface area contributed by atoms with Gasteiger partial charge in [-0.05, 0) is 85.7 Å². The number of pyridine rings is 2. The Morgan fingerprint density at radius 2 is 1.81 bits per heavy atom. The Hall–Kier alpha value is -3.88. The quantitative estimate of drug-likeness (QED) is 0.253. The lowest BCUT2D eigenvalue weighted by Crippen LogP contribution is -2.49. The largest absolute Gasteiger partial charge is 0.379 e. The molecule has 42 heavy (non-hydrogen) atoms.